The fraction of sp³-hybridized carbons (Fsp3) is 0.688. The maximum Gasteiger partial charge on any atom is 0.317 e. The number of carbonyl (C=O) groups excluding carboxylic acids is 2. The van der Waals surface area contributed by atoms with Crippen LogP contribution in [-0.2, 0) is 4.79 Å². The number of aromatic nitrogens is 1. The molecule has 0 radical (unpaired) electrons. The number of urea groups is 1. The molecule has 1 N–H and O–H groups in total. The van der Waals surface area contributed by atoms with Gasteiger partial charge in [0, 0.05) is 56.1 Å². The largest absolute Gasteiger partial charge is 0.341 e. The van der Waals surface area contributed by atoms with Crippen LogP contribution in [0.3, 0.4) is 0 Å². The lowest BCUT2D eigenvalue weighted by atomic mass is 10.2. The van der Waals surface area contributed by atoms with Crippen LogP contribution in [-0.4, -0.2) is 59.4 Å². The van der Waals surface area contributed by atoms with Gasteiger partial charge in [-0.1, -0.05) is 6.92 Å². The predicted molar refractivity (Wildman–Crippen MR) is 89.4 cm³/mol. The van der Waals surface area contributed by atoms with Crippen molar-refractivity contribution in [1.29, 1.82) is 0 Å². The summed E-state index contributed by atoms with van der Waals surface area (Å²) in [5, 5.41) is 5.99. The van der Waals surface area contributed by atoms with Gasteiger partial charge in [-0.2, -0.15) is 0 Å². The number of hydrogen-bond acceptors (Lipinski definition) is 4. The molecule has 0 unspecified atom stereocenters. The summed E-state index contributed by atoms with van der Waals surface area (Å²) in [6.07, 6.45) is 4.72. The van der Waals surface area contributed by atoms with Crippen LogP contribution in [0.2, 0.25) is 0 Å². The van der Waals surface area contributed by atoms with E-state index >= 15 is 0 Å². The van der Waals surface area contributed by atoms with Crippen LogP contribution in [0, 0.1) is 5.92 Å². The van der Waals surface area contributed by atoms with E-state index in [1.807, 2.05) is 15.2 Å². The van der Waals surface area contributed by atoms with E-state index in [0.29, 0.717) is 26.2 Å². The molecule has 2 heterocycles. The monoisotopic (exact) mass is 336 g/mol. The highest BCUT2D eigenvalue weighted by Crippen LogP contribution is 2.31. The Morgan fingerprint density at radius 2 is 2.04 bits per heavy atom. The third-order valence-electron chi connectivity index (χ3n) is 4.45. The Labute approximate surface area is 140 Å². The number of nitrogens with one attached hydrogen (secondary N) is 1. The van der Waals surface area contributed by atoms with E-state index < -0.39 is 0 Å². The van der Waals surface area contributed by atoms with Crippen LogP contribution in [0.25, 0.3) is 0 Å². The van der Waals surface area contributed by atoms with Gasteiger partial charge in [0.05, 0.1) is 5.01 Å². The molecule has 2 aliphatic rings. The number of thiazole rings is 1. The Morgan fingerprint density at radius 3 is 2.74 bits per heavy atom. The molecule has 6 nitrogen and oxygen atoms in total. The fourth-order valence-electron chi connectivity index (χ4n) is 2.85. The van der Waals surface area contributed by atoms with E-state index in [2.05, 4.69) is 17.2 Å². The van der Waals surface area contributed by atoms with Crippen molar-refractivity contribution in [1.82, 2.24) is 20.1 Å². The maximum absolute atomic E-state index is 12.3. The summed E-state index contributed by atoms with van der Waals surface area (Å²) in [6.45, 7) is 5.42. The summed E-state index contributed by atoms with van der Waals surface area (Å²) in [7, 11) is 0. The molecule has 0 aromatic carbocycles. The number of nitrogens with zero attached hydrogens (tertiary/aromatic N) is 3. The summed E-state index contributed by atoms with van der Waals surface area (Å²) >= 11 is 1.61. The quantitative estimate of drug-likeness (QED) is 0.913. The van der Waals surface area contributed by atoms with Gasteiger partial charge in [0.1, 0.15) is 0 Å². The smallest absolute Gasteiger partial charge is 0.317 e. The van der Waals surface area contributed by atoms with Crippen LogP contribution < -0.4 is 5.32 Å². The third-order valence-corrected chi connectivity index (χ3v) is 5.46. The molecule has 1 aromatic heterocycles. The number of hydrogen-bond donors (Lipinski definition) is 1. The molecule has 2 fully saturated rings. The van der Waals surface area contributed by atoms with Gasteiger partial charge in [0.2, 0.25) is 5.91 Å². The standard InChI is InChI=1S/C16H24N4O2S/c1-12(14-17-5-10-23-14)11-18-16(22)20-7-2-6-19(8-9-20)15(21)13-3-4-13/h5,10,12-13H,2-4,6-9,11H2,1H3,(H,18,22)/t12-/m1/s1. The fourth-order valence-corrected chi connectivity index (χ4v) is 3.55. The van der Waals surface area contributed by atoms with Crippen molar-refractivity contribution in [2.24, 2.45) is 5.92 Å². The van der Waals surface area contributed by atoms with Gasteiger partial charge in [-0.25, -0.2) is 9.78 Å². The second-order valence-electron chi connectivity index (χ2n) is 6.40. The van der Waals surface area contributed by atoms with E-state index in [4.69, 9.17) is 0 Å². The molecule has 1 aliphatic carbocycles. The molecule has 0 bridgehead atoms. The molecule has 3 rings (SSSR count). The van der Waals surface area contributed by atoms with Gasteiger partial charge in [0.15, 0.2) is 0 Å². The van der Waals surface area contributed by atoms with Crippen molar-refractivity contribution < 1.29 is 9.59 Å². The zero-order valence-corrected chi connectivity index (χ0v) is 14.3. The molecule has 23 heavy (non-hydrogen) atoms. The summed E-state index contributed by atoms with van der Waals surface area (Å²) in [6, 6.07) is -0.0332. The number of carbonyl (C=O) groups is 2. The van der Waals surface area contributed by atoms with Crippen molar-refractivity contribution in [2.45, 2.75) is 32.1 Å². The summed E-state index contributed by atoms with van der Waals surface area (Å²) in [5.41, 5.74) is 0. The van der Waals surface area contributed by atoms with Gasteiger partial charge in [-0.15, -0.1) is 11.3 Å². The Balaban J connectivity index is 1.45. The SMILES string of the molecule is C[C@H](CNC(=O)N1CCCN(C(=O)C2CC2)CC1)c1nccs1. The Hall–Kier alpha value is -1.63. The first-order valence-corrected chi connectivity index (χ1v) is 9.24. The first kappa shape index (κ1) is 16.2. The number of amides is 3. The maximum atomic E-state index is 12.3. The van der Waals surface area contributed by atoms with Crippen LogP contribution in [0.4, 0.5) is 4.79 Å². The van der Waals surface area contributed by atoms with Crippen LogP contribution >= 0.6 is 11.3 Å². The lowest BCUT2D eigenvalue weighted by Crippen LogP contribution is -2.43. The average molecular weight is 336 g/mol. The molecule has 1 saturated heterocycles. The second kappa shape index (κ2) is 7.29. The van der Waals surface area contributed by atoms with E-state index in [9.17, 15) is 9.59 Å². The zero-order chi connectivity index (χ0) is 16.2. The first-order valence-electron chi connectivity index (χ1n) is 8.36. The van der Waals surface area contributed by atoms with Crippen molar-refractivity contribution >= 4 is 23.3 Å². The van der Waals surface area contributed by atoms with Crippen molar-refractivity contribution in [3.8, 4) is 0 Å². The van der Waals surface area contributed by atoms with Gasteiger partial charge >= 0.3 is 6.03 Å². The van der Waals surface area contributed by atoms with Gasteiger partial charge in [0.25, 0.3) is 0 Å². The Morgan fingerprint density at radius 1 is 1.30 bits per heavy atom. The third kappa shape index (κ3) is 4.22. The van der Waals surface area contributed by atoms with Crippen LogP contribution in [0.15, 0.2) is 11.6 Å². The van der Waals surface area contributed by atoms with Gasteiger partial charge in [-0.05, 0) is 19.3 Å². The second-order valence-corrected chi connectivity index (χ2v) is 7.32. The predicted octanol–water partition coefficient (Wildman–Crippen LogP) is 1.90. The molecule has 1 saturated carbocycles. The van der Waals surface area contributed by atoms with E-state index in [-0.39, 0.29) is 23.8 Å². The van der Waals surface area contributed by atoms with Gasteiger partial charge < -0.3 is 15.1 Å². The Bertz CT molecular complexity index is 544. The summed E-state index contributed by atoms with van der Waals surface area (Å²) in [4.78, 5) is 32.5. The average Bonchev–Trinajstić information content (AvgIpc) is 3.32. The van der Waals surface area contributed by atoms with E-state index in [1.165, 1.54) is 0 Å². The van der Waals surface area contributed by atoms with Crippen molar-refractivity contribution in [3.05, 3.63) is 16.6 Å². The molecule has 3 amide bonds. The number of rotatable bonds is 4. The van der Waals surface area contributed by atoms with Gasteiger partial charge in [-0.3, -0.25) is 4.79 Å². The summed E-state index contributed by atoms with van der Waals surface area (Å²) in [5.74, 6) is 0.762. The molecule has 0 spiro atoms. The van der Waals surface area contributed by atoms with Crippen LogP contribution in [0.1, 0.15) is 37.1 Å². The highest BCUT2D eigenvalue weighted by molar-refractivity contribution is 7.09. The first-order chi connectivity index (χ1) is 11.1. The normalized spacial score (nSPS) is 20.0. The molecule has 7 heteroatoms. The molecule has 1 atom stereocenters. The summed E-state index contributed by atoms with van der Waals surface area (Å²) < 4.78 is 0. The lowest BCUT2D eigenvalue weighted by molar-refractivity contribution is -0.132. The zero-order valence-electron chi connectivity index (χ0n) is 13.5. The molecule has 1 aromatic rings. The highest BCUT2D eigenvalue weighted by atomic mass is 32.1. The minimum Gasteiger partial charge on any atom is -0.341 e. The van der Waals surface area contributed by atoms with Crippen LogP contribution in [0.5, 0.6) is 0 Å². The van der Waals surface area contributed by atoms with E-state index in [1.54, 1.807) is 17.5 Å². The molecule has 126 valence electrons. The minimum absolute atomic E-state index is 0.0332. The highest BCUT2D eigenvalue weighted by Gasteiger charge is 2.34. The topological polar surface area (TPSA) is 65.5 Å². The van der Waals surface area contributed by atoms with Crippen molar-refractivity contribution in [3.63, 3.8) is 0 Å². The van der Waals surface area contributed by atoms with Crippen molar-refractivity contribution in [2.75, 3.05) is 32.7 Å². The molecular weight excluding hydrogens is 312 g/mol. The molecule has 1 aliphatic heterocycles. The molecular formula is C16H24N4O2S. The Kier molecular flexibility index (Phi) is 5.15. The van der Waals surface area contributed by atoms with E-state index in [0.717, 1.165) is 30.8 Å². The lowest BCUT2D eigenvalue weighted by Gasteiger charge is -2.23. The minimum atomic E-state index is -0.0332.